The Balaban J connectivity index is 2.56. The molecule has 44 heavy (non-hydrogen) atoms. The maximum atomic E-state index is 11.3. The molecule has 8 heteroatoms. The lowest BCUT2D eigenvalue weighted by Crippen LogP contribution is -2.61. The van der Waals surface area contributed by atoms with E-state index in [0.29, 0.717) is 13.0 Å². The van der Waals surface area contributed by atoms with Crippen molar-refractivity contribution in [3.05, 3.63) is 0 Å². The van der Waals surface area contributed by atoms with Gasteiger partial charge in [0.2, 0.25) is 0 Å². The molecule has 0 spiro atoms. The van der Waals surface area contributed by atoms with E-state index in [4.69, 9.17) is 18.6 Å². The van der Waals surface area contributed by atoms with Crippen molar-refractivity contribution >= 4 is 8.32 Å². The van der Waals surface area contributed by atoms with E-state index in [1.165, 1.54) is 83.5 Å². The summed E-state index contributed by atoms with van der Waals surface area (Å²) < 4.78 is 24.5. The summed E-state index contributed by atoms with van der Waals surface area (Å²) in [5.41, 5.74) is 0. The van der Waals surface area contributed by atoms with E-state index in [1.807, 2.05) is 0 Å². The smallest absolute Gasteiger partial charge is 0.192 e. The highest BCUT2D eigenvalue weighted by atomic mass is 28.4. The van der Waals surface area contributed by atoms with Gasteiger partial charge in [-0.05, 0) is 37.4 Å². The second-order valence-corrected chi connectivity index (χ2v) is 19.6. The van der Waals surface area contributed by atoms with Gasteiger partial charge in [0, 0.05) is 13.2 Å². The molecule has 0 unspecified atom stereocenters. The Morgan fingerprint density at radius 2 is 1.14 bits per heavy atom. The largest absolute Gasteiger partial charge is 0.414 e. The molecule has 1 saturated heterocycles. The van der Waals surface area contributed by atoms with Crippen molar-refractivity contribution in [1.29, 1.82) is 0 Å². The van der Waals surface area contributed by atoms with Crippen molar-refractivity contribution in [3.8, 4) is 0 Å². The molecular formula is C36H74O7Si. The molecule has 1 aliphatic heterocycles. The fourth-order valence-corrected chi connectivity index (χ4v) is 6.57. The monoisotopic (exact) mass is 647 g/mol. The SMILES string of the molecule is CCCCCCCCCCC[C@@H](O)CCO[C@@H]1[C@@H](OCCCCCCCCCC)[C@H](O)[C@@H](CO[Si](C)(C)C(C)(C)C)O[C@@H]1O. The van der Waals surface area contributed by atoms with Crippen LogP contribution in [0.3, 0.4) is 0 Å². The Morgan fingerprint density at radius 1 is 0.659 bits per heavy atom. The molecule has 0 amide bonds. The van der Waals surface area contributed by atoms with Gasteiger partial charge in [0.1, 0.15) is 24.4 Å². The lowest BCUT2D eigenvalue weighted by molar-refractivity contribution is -0.303. The van der Waals surface area contributed by atoms with Crippen molar-refractivity contribution < 1.29 is 34.0 Å². The van der Waals surface area contributed by atoms with Gasteiger partial charge in [-0.25, -0.2) is 0 Å². The third kappa shape index (κ3) is 17.7. The van der Waals surface area contributed by atoms with Gasteiger partial charge >= 0.3 is 0 Å². The maximum absolute atomic E-state index is 11.3. The number of rotatable bonds is 27. The Hall–Kier alpha value is -0.0631. The van der Waals surface area contributed by atoms with E-state index in [2.05, 4.69) is 47.7 Å². The van der Waals surface area contributed by atoms with Crippen LogP contribution in [-0.4, -0.2) is 80.3 Å². The van der Waals surface area contributed by atoms with E-state index in [0.717, 1.165) is 32.1 Å². The highest BCUT2D eigenvalue weighted by Crippen LogP contribution is 2.37. The van der Waals surface area contributed by atoms with Crippen LogP contribution in [0.4, 0.5) is 0 Å². The zero-order valence-electron chi connectivity index (χ0n) is 30.0. The van der Waals surface area contributed by atoms with Crippen LogP contribution in [0.1, 0.15) is 157 Å². The average molecular weight is 647 g/mol. The summed E-state index contributed by atoms with van der Waals surface area (Å²) in [7, 11) is -2.06. The maximum Gasteiger partial charge on any atom is 0.192 e. The number of unbranched alkanes of at least 4 members (excludes halogenated alkanes) is 15. The molecule has 1 aliphatic rings. The number of hydrogen-bond donors (Lipinski definition) is 3. The molecule has 0 radical (unpaired) electrons. The number of hydrogen-bond acceptors (Lipinski definition) is 7. The zero-order chi connectivity index (χ0) is 32.8. The van der Waals surface area contributed by atoms with Gasteiger partial charge in [-0.1, -0.05) is 137 Å². The fourth-order valence-electron chi connectivity index (χ4n) is 5.55. The quantitative estimate of drug-likeness (QED) is 0.0607. The molecule has 6 atom stereocenters. The summed E-state index contributed by atoms with van der Waals surface area (Å²) in [5.74, 6) is 0. The minimum Gasteiger partial charge on any atom is -0.414 e. The number of aliphatic hydroxyl groups excluding tert-OH is 3. The molecule has 0 aliphatic carbocycles. The summed E-state index contributed by atoms with van der Waals surface area (Å²) >= 11 is 0. The first kappa shape index (κ1) is 42.0. The first-order chi connectivity index (χ1) is 20.9. The summed E-state index contributed by atoms with van der Waals surface area (Å²) in [6.07, 6.45) is 17.3. The van der Waals surface area contributed by atoms with E-state index < -0.39 is 45.1 Å². The summed E-state index contributed by atoms with van der Waals surface area (Å²) in [6.45, 7) is 16.3. The topological polar surface area (TPSA) is 97.6 Å². The van der Waals surface area contributed by atoms with Crippen LogP contribution in [0.2, 0.25) is 18.1 Å². The summed E-state index contributed by atoms with van der Waals surface area (Å²) in [4.78, 5) is 0. The molecule has 264 valence electrons. The average Bonchev–Trinajstić information content (AvgIpc) is 2.96. The Morgan fingerprint density at radius 3 is 1.66 bits per heavy atom. The summed E-state index contributed by atoms with van der Waals surface area (Å²) in [6, 6.07) is 0. The van der Waals surface area contributed by atoms with Gasteiger partial charge in [-0.3, -0.25) is 0 Å². The van der Waals surface area contributed by atoms with Gasteiger partial charge in [-0.2, -0.15) is 0 Å². The predicted molar refractivity (Wildman–Crippen MR) is 185 cm³/mol. The molecule has 0 saturated carbocycles. The van der Waals surface area contributed by atoms with Gasteiger partial charge in [-0.15, -0.1) is 0 Å². The van der Waals surface area contributed by atoms with Crippen LogP contribution in [-0.2, 0) is 18.6 Å². The molecule has 0 aromatic carbocycles. The second kappa shape index (κ2) is 24.1. The Labute approximate surface area is 273 Å². The molecule has 1 fully saturated rings. The van der Waals surface area contributed by atoms with Crippen molar-refractivity contribution in [2.75, 3.05) is 19.8 Å². The van der Waals surface area contributed by atoms with E-state index in [9.17, 15) is 15.3 Å². The standard InChI is InChI=1S/C36H74O7Si/c1-8-10-12-14-16-18-19-21-23-25-30(37)26-28-41-34-33(40-27-24-22-20-17-15-13-11-9-2)32(38)31(43-35(34)39)29-42-44(6,7)36(3,4)5/h30-35,37-39H,8-29H2,1-7H3/t30-,31-,32-,33+,34-,35+/m1/s1. The molecule has 1 rings (SSSR count). The molecule has 0 aromatic heterocycles. The van der Waals surface area contributed by atoms with Crippen molar-refractivity contribution in [2.45, 2.75) is 212 Å². The molecular weight excluding hydrogens is 572 g/mol. The first-order valence-corrected chi connectivity index (χ1v) is 21.4. The lowest BCUT2D eigenvalue weighted by atomic mass is 9.98. The number of aliphatic hydroxyl groups is 3. The van der Waals surface area contributed by atoms with Crippen LogP contribution < -0.4 is 0 Å². The Kier molecular flexibility index (Phi) is 23.0. The first-order valence-electron chi connectivity index (χ1n) is 18.5. The van der Waals surface area contributed by atoms with Crippen LogP contribution in [0.15, 0.2) is 0 Å². The molecule has 3 N–H and O–H groups in total. The third-order valence-corrected chi connectivity index (χ3v) is 14.3. The highest BCUT2D eigenvalue weighted by molar-refractivity contribution is 6.74. The van der Waals surface area contributed by atoms with Crippen molar-refractivity contribution in [1.82, 2.24) is 0 Å². The van der Waals surface area contributed by atoms with Crippen molar-refractivity contribution in [2.24, 2.45) is 0 Å². The zero-order valence-corrected chi connectivity index (χ0v) is 31.0. The normalized spacial score (nSPS) is 23.7. The van der Waals surface area contributed by atoms with Crippen LogP contribution in [0.25, 0.3) is 0 Å². The van der Waals surface area contributed by atoms with Crippen LogP contribution in [0.5, 0.6) is 0 Å². The van der Waals surface area contributed by atoms with Gasteiger partial charge in [0.05, 0.1) is 12.7 Å². The van der Waals surface area contributed by atoms with E-state index in [-0.39, 0.29) is 18.3 Å². The van der Waals surface area contributed by atoms with Crippen molar-refractivity contribution in [3.63, 3.8) is 0 Å². The molecule has 0 bridgehead atoms. The third-order valence-electron chi connectivity index (χ3n) is 9.76. The minimum atomic E-state index is -2.06. The summed E-state index contributed by atoms with van der Waals surface area (Å²) in [5, 5.41) is 32.9. The van der Waals surface area contributed by atoms with E-state index >= 15 is 0 Å². The highest BCUT2D eigenvalue weighted by Gasteiger charge is 2.47. The number of ether oxygens (including phenoxy) is 3. The fraction of sp³-hybridized carbons (Fsp3) is 1.00. The van der Waals surface area contributed by atoms with Gasteiger partial charge in [0.15, 0.2) is 14.6 Å². The molecule has 1 heterocycles. The predicted octanol–water partition coefficient (Wildman–Crippen LogP) is 8.67. The second-order valence-electron chi connectivity index (χ2n) is 14.8. The van der Waals surface area contributed by atoms with E-state index in [1.54, 1.807) is 0 Å². The molecule has 7 nitrogen and oxygen atoms in total. The van der Waals surface area contributed by atoms with Crippen LogP contribution in [0, 0.1) is 0 Å². The minimum absolute atomic E-state index is 0.0262. The van der Waals surface area contributed by atoms with Gasteiger partial charge < -0.3 is 34.0 Å². The van der Waals surface area contributed by atoms with Crippen LogP contribution >= 0.6 is 0 Å². The lowest BCUT2D eigenvalue weighted by Gasteiger charge is -2.44. The van der Waals surface area contributed by atoms with Gasteiger partial charge in [0.25, 0.3) is 0 Å². The molecule has 0 aromatic rings. The Bertz CT molecular complexity index is 671.